The SMILES string of the molecule is O=C1CC(N2NN(c3ccccc3)NC2=S)C2COC1O2. The molecule has 0 aliphatic carbocycles. The van der Waals surface area contributed by atoms with Crippen molar-refractivity contribution in [2.24, 2.45) is 0 Å². The fourth-order valence-electron chi connectivity index (χ4n) is 2.73. The van der Waals surface area contributed by atoms with Gasteiger partial charge in [-0.1, -0.05) is 18.2 Å². The summed E-state index contributed by atoms with van der Waals surface area (Å²) >= 11 is 5.35. The first-order valence-corrected chi connectivity index (χ1v) is 7.14. The van der Waals surface area contributed by atoms with Gasteiger partial charge in [0.05, 0.1) is 18.3 Å². The second-order valence-electron chi connectivity index (χ2n) is 5.14. The molecule has 3 aliphatic heterocycles. The van der Waals surface area contributed by atoms with E-state index in [2.05, 4.69) is 11.0 Å². The van der Waals surface area contributed by atoms with Gasteiger partial charge in [0, 0.05) is 6.42 Å². The lowest BCUT2D eigenvalue weighted by atomic mass is 10.0. The van der Waals surface area contributed by atoms with Crippen molar-refractivity contribution < 1.29 is 14.3 Å². The van der Waals surface area contributed by atoms with Crippen molar-refractivity contribution in [3.63, 3.8) is 0 Å². The van der Waals surface area contributed by atoms with Crippen LogP contribution in [0.5, 0.6) is 0 Å². The first kappa shape index (κ1) is 13.0. The maximum absolute atomic E-state index is 11.9. The number of para-hydroxylation sites is 1. The lowest BCUT2D eigenvalue weighted by Crippen LogP contribution is -2.55. The van der Waals surface area contributed by atoms with Crippen molar-refractivity contribution in [1.82, 2.24) is 16.0 Å². The Balaban J connectivity index is 1.54. The van der Waals surface area contributed by atoms with Gasteiger partial charge in [0.25, 0.3) is 0 Å². The number of hydrazine groups is 3. The molecule has 0 radical (unpaired) electrons. The maximum atomic E-state index is 11.9. The second-order valence-corrected chi connectivity index (χ2v) is 5.52. The van der Waals surface area contributed by atoms with Crippen molar-refractivity contribution in [3.8, 4) is 0 Å². The Kier molecular flexibility index (Phi) is 3.03. The molecular formula is C13H14N4O3S. The maximum Gasteiger partial charge on any atom is 0.218 e. The number of Topliss-reactive ketones (excluding diaryl/α,β-unsaturated/α-hetero) is 1. The quantitative estimate of drug-likeness (QED) is 0.746. The summed E-state index contributed by atoms with van der Waals surface area (Å²) in [5, 5.41) is 3.98. The van der Waals surface area contributed by atoms with E-state index in [-0.39, 0.29) is 17.9 Å². The highest BCUT2D eigenvalue weighted by Crippen LogP contribution is 2.29. The van der Waals surface area contributed by atoms with Crippen molar-refractivity contribution in [2.75, 3.05) is 11.7 Å². The standard InChI is InChI=1S/C13H14N4O3S/c18-10-6-9(11-7-19-12(10)20-11)16-13(21)14-17(15-16)8-4-2-1-3-5-8/h1-5,9,11-12,15H,6-7H2,(H,14,21). The first-order valence-electron chi connectivity index (χ1n) is 6.73. The van der Waals surface area contributed by atoms with E-state index >= 15 is 0 Å². The van der Waals surface area contributed by atoms with Gasteiger partial charge >= 0.3 is 0 Å². The summed E-state index contributed by atoms with van der Waals surface area (Å²) < 4.78 is 10.9. The topological polar surface area (TPSA) is 66.1 Å². The zero-order valence-corrected chi connectivity index (χ0v) is 11.9. The summed E-state index contributed by atoms with van der Waals surface area (Å²) in [5.41, 5.74) is 7.14. The third-order valence-electron chi connectivity index (χ3n) is 3.79. The fourth-order valence-corrected chi connectivity index (χ4v) is 3.00. The number of ketones is 1. The third kappa shape index (κ3) is 2.16. The van der Waals surface area contributed by atoms with Gasteiger partial charge in [-0.3, -0.25) is 15.2 Å². The summed E-state index contributed by atoms with van der Waals surface area (Å²) in [6.07, 6.45) is -0.497. The molecule has 3 saturated heterocycles. The third-order valence-corrected chi connectivity index (χ3v) is 4.08. The fraction of sp³-hybridized carbons (Fsp3) is 0.385. The van der Waals surface area contributed by atoms with E-state index in [1.165, 1.54) is 0 Å². The van der Waals surface area contributed by atoms with Crippen LogP contribution in [0.25, 0.3) is 0 Å². The highest BCUT2D eigenvalue weighted by Gasteiger charge is 2.48. The van der Waals surface area contributed by atoms with E-state index in [1.54, 1.807) is 10.1 Å². The highest BCUT2D eigenvalue weighted by atomic mass is 32.1. The van der Waals surface area contributed by atoms with Crippen LogP contribution in [-0.4, -0.2) is 40.9 Å². The number of hydrogen-bond donors (Lipinski definition) is 2. The van der Waals surface area contributed by atoms with Crippen LogP contribution in [-0.2, 0) is 14.3 Å². The van der Waals surface area contributed by atoms with Gasteiger partial charge in [0.15, 0.2) is 5.78 Å². The van der Waals surface area contributed by atoms with E-state index < -0.39 is 6.29 Å². The van der Waals surface area contributed by atoms with E-state index in [4.69, 9.17) is 21.7 Å². The molecule has 0 amide bonds. The Bertz CT molecular complexity index is 584. The normalized spacial score (nSPS) is 31.7. The van der Waals surface area contributed by atoms with Crippen LogP contribution in [0.2, 0.25) is 0 Å². The van der Waals surface area contributed by atoms with Gasteiger partial charge in [-0.15, -0.1) is 5.53 Å². The number of anilines is 1. The molecule has 8 heteroatoms. The van der Waals surface area contributed by atoms with Crippen LogP contribution in [0, 0.1) is 0 Å². The molecule has 2 bridgehead atoms. The first-order chi connectivity index (χ1) is 10.2. The number of carbonyl (C=O) groups excluding carboxylic acids is 1. The van der Waals surface area contributed by atoms with Gasteiger partial charge in [-0.25, -0.2) is 0 Å². The summed E-state index contributed by atoms with van der Waals surface area (Å²) in [4.78, 5) is 11.9. The second kappa shape index (κ2) is 4.92. The predicted octanol–water partition coefficient (Wildman–Crippen LogP) is 0.101. The van der Waals surface area contributed by atoms with Crippen LogP contribution >= 0.6 is 12.2 Å². The van der Waals surface area contributed by atoms with E-state index in [0.29, 0.717) is 18.1 Å². The summed E-state index contributed by atoms with van der Waals surface area (Å²) in [6, 6.07) is 9.54. The van der Waals surface area contributed by atoms with Crippen molar-refractivity contribution in [2.45, 2.75) is 24.9 Å². The molecule has 3 atom stereocenters. The van der Waals surface area contributed by atoms with Gasteiger partial charge in [0.2, 0.25) is 11.4 Å². The smallest absolute Gasteiger partial charge is 0.218 e. The minimum absolute atomic E-state index is 0.0449. The van der Waals surface area contributed by atoms with Crippen LogP contribution in [0.1, 0.15) is 6.42 Å². The van der Waals surface area contributed by atoms with Crippen LogP contribution in [0.3, 0.4) is 0 Å². The predicted molar refractivity (Wildman–Crippen MR) is 77.7 cm³/mol. The molecule has 4 rings (SSSR count). The summed E-state index contributed by atoms with van der Waals surface area (Å²) in [6.45, 7) is 0.410. The molecule has 3 unspecified atom stereocenters. The van der Waals surface area contributed by atoms with Crippen molar-refractivity contribution >= 4 is 28.8 Å². The average Bonchev–Trinajstić information content (AvgIpc) is 3.10. The van der Waals surface area contributed by atoms with Crippen LogP contribution in [0.15, 0.2) is 30.3 Å². The summed E-state index contributed by atoms with van der Waals surface area (Å²) in [7, 11) is 0. The molecule has 0 saturated carbocycles. The zero-order valence-electron chi connectivity index (χ0n) is 11.1. The lowest BCUT2D eigenvalue weighted by molar-refractivity contribution is -0.157. The highest BCUT2D eigenvalue weighted by molar-refractivity contribution is 7.80. The van der Waals surface area contributed by atoms with Gasteiger partial charge in [-0.05, 0) is 24.4 Å². The molecule has 2 N–H and O–H groups in total. The van der Waals surface area contributed by atoms with Crippen LogP contribution < -0.4 is 16.1 Å². The molecule has 0 aromatic heterocycles. The Labute approximate surface area is 126 Å². The van der Waals surface area contributed by atoms with Gasteiger partial charge in [0.1, 0.15) is 6.10 Å². The summed E-state index contributed by atoms with van der Waals surface area (Å²) in [5.74, 6) is -0.0449. The van der Waals surface area contributed by atoms with E-state index in [9.17, 15) is 4.79 Å². The molecule has 110 valence electrons. The zero-order chi connectivity index (χ0) is 14.4. The monoisotopic (exact) mass is 306 g/mol. The van der Waals surface area contributed by atoms with Gasteiger partial charge in [-0.2, -0.15) is 5.12 Å². The number of nitrogens with zero attached hydrogens (tertiary/aromatic N) is 2. The Morgan fingerprint density at radius 1 is 1.29 bits per heavy atom. The average molecular weight is 306 g/mol. The molecule has 3 aliphatic rings. The molecule has 7 nitrogen and oxygen atoms in total. The van der Waals surface area contributed by atoms with Crippen molar-refractivity contribution in [3.05, 3.63) is 30.3 Å². The van der Waals surface area contributed by atoms with E-state index in [0.717, 1.165) is 5.69 Å². The van der Waals surface area contributed by atoms with Crippen LogP contribution in [0.4, 0.5) is 5.69 Å². The van der Waals surface area contributed by atoms with E-state index in [1.807, 2.05) is 30.3 Å². The molecule has 0 spiro atoms. The number of ether oxygens (including phenoxy) is 2. The number of carbonyl (C=O) groups is 1. The number of hydrogen-bond acceptors (Lipinski definition) is 6. The molecule has 21 heavy (non-hydrogen) atoms. The molecular weight excluding hydrogens is 292 g/mol. The molecule has 1 aromatic carbocycles. The van der Waals surface area contributed by atoms with Crippen molar-refractivity contribution in [1.29, 1.82) is 0 Å². The Morgan fingerprint density at radius 3 is 2.90 bits per heavy atom. The largest absolute Gasteiger partial charge is 0.343 e. The number of fused-ring (bicyclic) bond motifs is 2. The molecule has 1 aromatic rings. The lowest BCUT2D eigenvalue weighted by Gasteiger charge is -2.33. The molecule has 3 fully saturated rings. The van der Waals surface area contributed by atoms with Gasteiger partial charge < -0.3 is 9.47 Å². The number of nitrogens with one attached hydrogen (secondary N) is 2. The Morgan fingerprint density at radius 2 is 2.10 bits per heavy atom. The molecule has 3 heterocycles. The Hall–Kier alpha value is -1.74. The minimum Gasteiger partial charge on any atom is -0.343 e. The number of benzene rings is 1. The minimum atomic E-state index is -0.694. The number of thiocarbonyl (C=S) groups is 1. The number of rotatable bonds is 2.